The van der Waals surface area contributed by atoms with Crippen LogP contribution in [0.15, 0.2) is 24.9 Å². The van der Waals surface area contributed by atoms with Gasteiger partial charge in [-0.2, -0.15) is 0 Å². The van der Waals surface area contributed by atoms with E-state index in [2.05, 4.69) is 33.5 Å². The summed E-state index contributed by atoms with van der Waals surface area (Å²) in [6, 6.07) is -0.759. The molecule has 2 rings (SSSR count). The SMILES string of the molecule is C=C(/C=C\CC)c1cnc(C2CCCN2C(=O)[C@@H](NC(=O)OC)C(C)C)[nH]1. The third-order valence-corrected chi connectivity index (χ3v) is 4.74. The van der Waals surface area contributed by atoms with Crippen LogP contribution in [0.3, 0.4) is 0 Å². The number of aromatic nitrogens is 2. The van der Waals surface area contributed by atoms with Crippen molar-refractivity contribution >= 4 is 17.6 Å². The first-order valence-corrected chi connectivity index (χ1v) is 9.44. The number of amides is 2. The summed E-state index contributed by atoms with van der Waals surface area (Å²) < 4.78 is 4.66. The van der Waals surface area contributed by atoms with E-state index in [4.69, 9.17) is 0 Å². The van der Waals surface area contributed by atoms with E-state index in [0.29, 0.717) is 6.54 Å². The Hall–Kier alpha value is -2.57. The van der Waals surface area contributed by atoms with Gasteiger partial charge in [0, 0.05) is 6.54 Å². The zero-order valence-electron chi connectivity index (χ0n) is 16.6. The fraction of sp³-hybridized carbons (Fsp3) is 0.550. The van der Waals surface area contributed by atoms with Gasteiger partial charge in [0.25, 0.3) is 0 Å². The van der Waals surface area contributed by atoms with Gasteiger partial charge in [-0.15, -0.1) is 0 Å². The molecule has 0 radical (unpaired) electrons. The molecule has 1 unspecified atom stereocenters. The summed E-state index contributed by atoms with van der Waals surface area (Å²) in [4.78, 5) is 34.3. The van der Waals surface area contributed by atoms with Gasteiger partial charge in [0.2, 0.25) is 5.91 Å². The highest BCUT2D eigenvalue weighted by atomic mass is 16.5. The Bertz CT molecular complexity index is 708. The van der Waals surface area contributed by atoms with E-state index in [-0.39, 0.29) is 17.9 Å². The van der Waals surface area contributed by atoms with Gasteiger partial charge in [0.15, 0.2) is 0 Å². The summed E-state index contributed by atoms with van der Waals surface area (Å²) in [6.07, 6.45) is 7.83. The number of H-pyrrole nitrogens is 1. The molecule has 0 saturated carbocycles. The monoisotopic (exact) mass is 374 g/mol. The molecule has 0 aromatic carbocycles. The summed E-state index contributed by atoms with van der Waals surface area (Å²) in [5.74, 6) is 0.590. The van der Waals surface area contributed by atoms with Crippen LogP contribution in [0.1, 0.15) is 57.6 Å². The predicted molar refractivity (Wildman–Crippen MR) is 105 cm³/mol. The number of methoxy groups -OCH3 is 1. The minimum atomic E-state index is -0.630. The molecular formula is C20H30N4O3. The number of hydrogen-bond donors (Lipinski definition) is 2. The lowest BCUT2D eigenvalue weighted by Gasteiger charge is -2.30. The van der Waals surface area contributed by atoms with Gasteiger partial charge >= 0.3 is 6.09 Å². The molecule has 2 amide bonds. The second-order valence-electron chi connectivity index (χ2n) is 7.07. The number of imidazole rings is 1. The van der Waals surface area contributed by atoms with E-state index < -0.39 is 12.1 Å². The molecule has 1 aliphatic rings. The lowest BCUT2D eigenvalue weighted by molar-refractivity contribution is -0.135. The van der Waals surface area contributed by atoms with Crippen LogP contribution >= 0.6 is 0 Å². The van der Waals surface area contributed by atoms with Crippen molar-refractivity contribution in [2.45, 2.75) is 52.1 Å². The summed E-state index contributed by atoms with van der Waals surface area (Å²) in [6.45, 7) is 10.6. The van der Waals surface area contributed by atoms with Crippen molar-refractivity contribution in [2.75, 3.05) is 13.7 Å². The van der Waals surface area contributed by atoms with Crippen molar-refractivity contribution in [3.63, 3.8) is 0 Å². The Morgan fingerprint density at radius 2 is 2.26 bits per heavy atom. The van der Waals surface area contributed by atoms with Crippen LogP contribution in [0.25, 0.3) is 5.57 Å². The minimum Gasteiger partial charge on any atom is -0.453 e. The third kappa shape index (κ3) is 4.99. The molecule has 0 bridgehead atoms. The van der Waals surface area contributed by atoms with Crippen LogP contribution < -0.4 is 5.32 Å². The second-order valence-corrected chi connectivity index (χ2v) is 7.07. The molecule has 27 heavy (non-hydrogen) atoms. The molecule has 1 saturated heterocycles. The molecule has 0 aliphatic carbocycles. The van der Waals surface area contributed by atoms with Gasteiger partial charge in [-0.3, -0.25) is 4.79 Å². The number of carbonyl (C=O) groups is 2. The normalized spacial score (nSPS) is 18.1. The first kappa shape index (κ1) is 20.7. The van der Waals surface area contributed by atoms with Crippen LogP contribution in [0.4, 0.5) is 4.79 Å². The number of allylic oxidation sites excluding steroid dienone is 3. The smallest absolute Gasteiger partial charge is 0.407 e. The lowest BCUT2D eigenvalue weighted by atomic mass is 10.0. The van der Waals surface area contributed by atoms with Gasteiger partial charge in [-0.05, 0) is 30.8 Å². The highest BCUT2D eigenvalue weighted by Gasteiger charge is 2.37. The Kier molecular flexibility index (Phi) is 7.21. The topological polar surface area (TPSA) is 87.3 Å². The first-order valence-electron chi connectivity index (χ1n) is 9.44. The van der Waals surface area contributed by atoms with E-state index in [1.165, 1.54) is 7.11 Å². The highest BCUT2D eigenvalue weighted by Crippen LogP contribution is 2.32. The zero-order valence-corrected chi connectivity index (χ0v) is 16.6. The average Bonchev–Trinajstić information content (AvgIpc) is 3.31. The standard InChI is InChI=1S/C20H30N4O3/c1-6-7-9-14(4)15-12-21-18(22-15)16-10-8-11-24(16)19(25)17(13(2)3)23-20(26)27-5/h7,9,12-13,16-17H,4,6,8,10-11H2,1-3,5H3,(H,21,22)(H,23,26)/b9-7-/t16?,17-/m0/s1. The Balaban J connectivity index is 2.17. The molecule has 1 fully saturated rings. The van der Waals surface area contributed by atoms with Crippen molar-refractivity contribution < 1.29 is 14.3 Å². The number of rotatable bonds is 7. The molecule has 1 aromatic heterocycles. The Labute approximate surface area is 160 Å². The predicted octanol–water partition coefficient (Wildman–Crippen LogP) is 3.43. The van der Waals surface area contributed by atoms with Crippen LogP contribution in [-0.4, -0.2) is 46.6 Å². The molecule has 7 heteroatoms. The number of nitrogens with one attached hydrogen (secondary N) is 2. The second kappa shape index (κ2) is 9.39. The first-order chi connectivity index (χ1) is 12.9. The average molecular weight is 374 g/mol. The molecule has 2 heterocycles. The molecule has 0 spiro atoms. The van der Waals surface area contributed by atoms with Crippen LogP contribution in [0.5, 0.6) is 0 Å². The summed E-state index contributed by atoms with van der Waals surface area (Å²) in [5.41, 5.74) is 1.71. The van der Waals surface area contributed by atoms with Crippen LogP contribution in [0, 0.1) is 5.92 Å². The van der Waals surface area contributed by atoms with E-state index >= 15 is 0 Å². The zero-order chi connectivity index (χ0) is 20.0. The van der Waals surface area contributed by atoms with E-state index in [1.54, 1.807) is 11.1 Å². The third-order valence-electron chi connectivity index (χ3n) is 4.74. The molecule has 1 aliphatic heterocycles. The van der Waals surface area contributed by atoms with Crippen molar-refractivity contribution in [3.8, 4) is 0 Å². The number of likely N-dealkylation sites (tertiary alicyclic amines) is 1. The maximum absolute atomic E-state index is 13.1. The molecule has 2 N–H and O–H groups in total. The maximum Gasteiger partial charge on any atom is 0.407 e. The number of carbonyl (C=O) groups excluding carboxylic acids is 2. The Morgan fingerprint density at radius 3 is 2.89 bits per heavy atom. The van der Waals surface area contributed by atoms with Gasteiger partial charge in [-0.1, -0.05) is 39.5 Å². The van der Waals surface area contributed by atoms with Crippen molar-refractivity contribution in [1.82, 2.24) is 20.2 Å². The molecule has 2 atom stereocenters. The van der Waals surface area contributed by atoms with Gasteiger partial charge in [-0.25, -0.2) is 9.78 Å². The Morgan fingerprint density at radius 1 is 1.52 bits per heavy atom. The number of alkyl carbamates (subject to hydrolysis) is 1. The van der Waals surface area contributed by atoms with E-state index in [9.17, 15) is 9.59 Å². The summed E-state index contributed by atoms with van der Waals surface area (Å²) in [7, 11) is 1.29. The van der Waals surface area contributed by atoms with Crippen LogP contribution in [-0.2, 0) is 9.53 Å². The molecule has 1 aromatic rings. The van der Waals surface area contributed by atoms with E-state index in [0.717, 1.165) is 36.4 Å². The molecule has 148 valence electrons. The van der Waals surface area contributed by atoms with Gasteiger partial charge in [0.1, 0.15) is 11.9 Å². The maximum atomic E-state index is 13.1. The fourth-order valence-electron chi connectivity index (χ4n) is 3.21. The fourth-order valence-corrected chi connectivity index (χ4v) is 3.21. The number of hydrogen-bond acceptors (Lipinski definition) is 4. The minimum absolute atomic E-state index is 0.0519. The number of ether oxygens (including phenoxy) is 1. The summed E-state index contributed by atoms with van der Waals surface area (Å²) >= 11 is 0. The number of aromatic amines is 1. The van der Waals surface area contributed by atoms with Gasteiger partial charge in [0.05, 0.1) is 25.0 Å². The van der Waals surface area contributed by atoms with Gasteiger partial charge < -0.3 is 19.9 Å². The van der Waals surface area contributed by atoms with Crippen molar-refractivity contribution in [1.29, 1.82) is 0 Å². The van der Waals surface area contributed by atoms with Crippen molar-refractivity contribution in [3.05, 3.63) is 36.4 Å². The van der Waals surface area contributed by atoms with Crippen LogP contribution in [0.2, 0.25) is 0 Å². The number of nitrogens with zero attached hydrogens (tertiary/aromatic N) is 2. The summed E-state index contributed by atoms with van der Waals surface area (Å²) in [5, 5.41) is 2.66. The molecular weight excluding hydrogens is 344 g/mol. The largest absolute Gasteiger partial charge is 0.453 e. The quantitative estimate of drug-likeness (QED) is 0.716. The lowest BCUT2D eigenvalue weighted by Crippen LogP contribution is -2.51. The van der Waals surface area contributed by atoms with E-state index in [1.807, 2.05) is 26.0 Å². The molecule has 7 nitrogen and oxygen atoms in total. The highest BCUT2D eigenvalue weighted by molar-refractivity contribution is 5.86. The van der Waals surface area contributed by atoms with Crippen molar-refractivity contribution in [2.24, 2.45) is 5.92 Å².